The fraction of sp³-hybridized carbons (Fsp3) is 0.455. The van der Waals surface area contributed by atoms with E-state index < -0.39 is 0 Å². The molecule has 1 heterocycles. The lowest BCUT2D eigenvalue weighted by Crippen LogP contribution is -2.26. The van der Waals surface area contributed by atoms with Crippen LogP contribution in [0.5, 0.6) is 0 Å². The second-order valence-corrected chi connectivity index (χ2v) is 4.28. The van der Waals surface area contributed by atoms with Gasteiger partial charge < -0.3 is 5.73 Å². The van der Waals surface area contributed by atoms with Crippen molar-refractivity contribution in [3.8, 4) is 0 Å². The molecular weight excluding hydrogens is 196 g/mol. The summed E-state index contributed by atoms with van der Waals surface area (Å²) in [6.45, 7) is 3.00. The molecule has 0 aliphatic carbocycles. The molecule has 0 aromatic heterocycles. The van der Waals surface area contributed by atoms with Crippen molar-refractivity contribution in [2.24, 2.45) is 5.73 Å². The average molecular weight is 211 g/mol. The predicted octanol–water partition coefficient (Wildman–Crippen LogP) is 1.87. The van der Waals surface area contributed by atoms with Gasteiger partial charge in [0.2, 0.25) is 0 Å². The highest BCUT2D eigenvalue weighted by molar-refractivity contribution is 6.31. The first-order valence-corrected chi connectivity index (χ1v) is 5.35. The summed E-state index contributed by atoms with van der Waals surface area (Å²) in [5.74, 6) is 0. The van der Waals surface area contributed by atoms with Gasteiger partial charge in [-0.1, -0.05) is 29.8 Å². The van der Waals surface area contributed by atoms with Gasteiger partial charge in [-0.3, -0.25) is 4.90 Å². The van der Waals surface area contributed by atoms with Gasteiger partial charge in [-0.2, -0.15) is 0 Å². The number of nitrogens with zero attached hydrogens (tertiary/aromatic N) is 1. The van der Waals surface area contributed by atoms with Crippen LogP contribution in [0.2, 0.25) is 5.02 Å². The number of hydrogen-bond acceptors (Lipinski definition) is 2. The molecule has 3 heteroatoms. The second kappa shape index (κ2) is 4.30. The Hall–Kier alpha value is -0.570. The minimum absolute atomic E-state index is 0.345. The van der Waals surface area contributed by atoms with Gasteiger partial charge in [0.25, 0.3) is 0 Å². The van der Waals surface area contributed by atoms with Gasteiger partial charge in [0.15, 0.2) is 0 Å². The molecule has 1 fully saturated rings. The average Bonchev–Trinajstić information content (AvgIpc) is 2.56. The van der Waals surface area contributed by atoms with Gasteiger partial charge in [-0.25, -0.2) is 0 Å². The van der Waals surface area contributed by atoms with Crippen LogP contribution in [-0.4, -0.2) is 24.0 Å². The van der Waals surface area contributed by atoms with Crippen LogP contribution in [-0.2, 0) is 6.54 Å². The van der Waals surface area contributed by atoms with Crippen molar-refractivity contribution in [3.05, 3.63) is 34.9 Å². The molecule has 1 aromatic rings. The minimum atomic E-state index is 0.345. The number of halogens is 1. The van der Waals surface area contributed by atoms with Gasteiger partial charge in [-0.05, 0) is 18.1 Å². The van der Waals surface area contributed by atoms with Gasteiger partial charge in [0, 0.05) is 30.7 Å². The number of hydrogen-bond donors (Lipinski definition) is 1. The van der Waals surface area contributed by atoms with Crippen LogP contribution >= 0.6 is 11.6 Å². The van der Waals surface area contributed by atoms with E-state index in [0.717, 1.165) is 31.1 Å². The maximum atomic E-state index is 6.08. The summed E-state index contributed by atoms with van der Waals surface area (Å²) in [5, 5.41) is 0.855. The normalized spacial score (nSPS) is 22.9. The first-order valence-electron chi connectivity index (χ1n) is 4.97. The summed E-state index contributed by atoms with van der Waals surface area (Å²) < 4.78 is 0. The topological polar surface area (TPSA) is 29.3 Å². The smallest absolute Gasteiger partial charge is 0.0451 e. The van der Waals surface area contributed by atoms with Crippen molar-refractivity contribution in [1.82, 2.24) is 4.90 Å². The first kappa shape index (κ1) is 9.97. The summed E-state index contributed by atoms with van der Waals surface area (Å²) in [4.78, 5) is 2.35. The van der Waals surface area contributed by atoms with Crippen molar-refractivity contribution in [3.63, 3.8) is 0 Å². The maximum Gasteiger partial charge on any atom is 0.0451 e. The zero-order valence-electron chi connectivity index (χ0n) is 8.12. The third-order valence-electron chi connectivity index (χ3n) is 2.66. The van der Waals surface area contributed by atoms with Crippen LogP contribution in [0.1, 0.15) is 12.0 Å². The second-order valence-electron chi connectivity index (χ2n) is 3.88. The van der Waals surface area contributed by atoms with Crippen molar-refractivity contribution in [2.45, 2.75) is 19.0 Å². The third kappa shape index (κ3) is 2.27. The lowest BCUT2D eigenvalue weighted by molar-refractivity contribution is 0.327. The summed E-state index contributed by atoms with van der Waals surface area (Å²) in [5.41, 5.74) is 7.04. The monoisotopic (exact) mass is 210 g/mol. The lowest BCUT2D eigenvalue weighted by atomic mass is 10.2. The van der Waals surface area contributed by atoms with Crippen LogP contribution in [0, 0.1) is 0 Å². The summed E-state index contributed by atoms with van der Waals surface area (Å²) in [6, 6.07) is 8.34. The van der Waals surface area contributed by atoms with E-state index in [1.165, 1.54) is 5.56 Å². The molecule has 0 saturated carbocycles. The molecular formula is C11H15ClN2. The van der Waals surface area contributed by atoms with Crippen LogP contribution in [0.4, 0.5) is 0 Å². The van der Waals surface area contributed by atoms with E-state index >= 15 is 0 Å². The molecule has 14 heavy (non-hydrogen) atoms. The van der Waals surface area contributed by atoms with E-state index in [9.17, 15) is 0 Å². The molecule has 1 aliphatic rings. The SMILES string of the molecule is NC1CCN(Cc2ccccc2Cl)C1. The standard InChI is InChI=1S/C11H15ClN2/c12-11-4-2-1-3-9(11)7-14-6-5-10(13)8-14/h1-4,10H,5-8,13H2. The molecule has 1 atom stereocenters. The molecule has 0 spiro atoms. The Labute approximate surface area is 89.7 Å². The number of benzene rings is 1. The number of nitrogens with two attached hydrogens (primary N) is 1. The van der Waals surface area contributed by atoms with E-state index in [4.69, 9.17) is 17.3 Å². The Morgan fingerprint density at radius 2 is 2.21 bits per heavy atom. The Morgan fingerprint density at radius 1 is 1.43 bits per heavy atom. The maximum absolute atomic E-state index is 6.08. The van der Waals surface area contributed by atoms with E-state index in [1.54, 1.807) is 0 Å². The van der Waals surface area contributed by atoms with Crippen LogP contribution in [0.15, 0.2) is 24.3 Å². The van der Waals surface area contributed by atoms with Crippen LogP contribution in [0.25, 0.3) is 0 Å². The highest BCUT2D eigenvalue weighted by Gasteiger charge is 2.19. The van der Waals surface area contributed by atoms with E-state index in [2.05, 4.69) is 11.0 Å². The molecule has 1 unspecified atom stereocenters. The Bertz CT molecular complexity index is 314. The first-order chi connectivity index (χ1) is 6.75. The molecule has 2 nitrogen and oxygen atoms in total. The minimum Gasteiger partial charge on any atom is -0.326 e. The molecule has 2 N–H and O–H groups in total. The van der Waals surface area contributed by atoms with E-state index in [0.29, 0.717) is 6.04 Å². The number of rotatable bonds is 2. The molecule has 1 aromatic carbocycles. The lowest BCUT2D eigenvalue weighted by Gasteiger charge is -2.15. The fourth-order valence-electron chi connectivity index (χ4n) is 1.87. The molecule has 1 saturated heterocycles. The van der Waals surface area contributed by atoms with Gasteiger partial charge >= 0.3 is 0 Å². The number of likely N-dealkylation sites (tertiary alicyclic amines) is 1. The van der Waals surface area contributed by atoms with Crippen molar-refractivity contribution >= 4 is 11.6 Å². The van der Waals surface area contributed by atoms with E-state index in [1.807, 2.05) is 18.2 Å². The zero-order chi connectivity index (χ0) is 9.97. The van der Waals surface area contributed by atoms with Crippen molar-refractivity contribution in [1.29, 1.82) is 0 Å². The molecule has 0 radical (unpaired) electrons. The molecule has 76 valence electrons. The molecule has 0 amide bonds. The Kier molecular flexibility index (Phi) is 3.06. The highest BCUT2D eigenvalue weighted by Crippen LogP contribution is 2.19. The molecule has 1 aliphatic heterocycles. The summed E-state index contributed by atoms with van der Waals surface area (Å²) in [7, 11) is 0. The third-order valence-corrected chi connectivity index (χ3v) is 3.03. The van der Waals surface area contributed by atoms with Crippen molar-refractivity contribution < 1.29 is 0 Å². The predicted molar refractivity (Wildman–Crippen MR) is 59.3 cm³/mol. The van der Waals surface area contributed by atoms with Crippen LogP contribution < -0.4 is 5.73 Å². The molecule has 0 bridgehead atoms. The quantitative estimate of drug-likeness (QED) is 0.808. The molecule has 2 rings (SSSR count). The Morgan fingerprint density at radius 3 is 2.86 bits per heavy atom. The Balaban J connectivity index is 2.01. The van der Waals surface area contributed by atoms with E-state index in [-0.39, 0.29) is 0 Å². The van der Waals surface area contributed by atoms with Gasteiger partial charge in [0.05, 0.1) is 0 Å². The fourth-order valence-corrected chi connectivity index (χ4v) is 2.07. The zero-order valence-corrected chi connectivity index (χ0v) is 8.87. The summed E-state index contributed by atoms with van der Waals surface area (Å²) >= 11 is 6.08. The summed E-state index contributed by atoms with van der Waals surface area (Å²) in [6.07, 6.45) is 1.10. The van der Waals surface area contributed by atoms with Gasteiger partial charge in [-0.15, -0.1) is 0 Å². The van der Waals surface area contributed by atoms with Gasteiger partial charge in [0.1, 0.15) is 0 Å². The van der Waals surface area contributed by atoms with Crippen molar-refractivity contribution in [2.75, 3.05) is 13.1 Å². The van der Waals surface area contributed by atoms with Crippen LogP contribution in [0.3, 0.4) is 0 Å². The largest absolute Gasteiger partial charge is 0.326 e. The highest BCUT2D eigenvalue weighted by atomic mass is 35.5.